The lowest BCUT2D eigenvalue weighted by Gasteiger charge is -2.12. The number of ether oxygens (including phenoxy) is 2. The number of aromatic hydroxyl groups is 1. The van der Waals surface area contributed by atoms with Crippen LogP contribution in [-0.2, 0) is 4.79 Å². The van der Waals surface area contributed by atoms with Gasteiger partial charge in [0.1, 0.15) is 0 Å². The van der Waals surface area contributed by atoms with Gasteiger partial charge in [0, 0.05) is 12.8 Å². The van der Waals surface area contributed by atoms with Crippen LogP contribution in [0.3, 0.4) is 0 Å². The minimum Gasteiger partial charge on any atom is -0.502 e. The standard InChI is InChI=1S/C13H16O6/c1-18-10-7-6-8(13(19-2)12(10)17)9(14)4-3-5-11(15)16/h6-7,17H,3-5H2,1-2H3,(H,15,16). The van der Waals surface area contributed by atoms with Crippen LogP contribution in [0.5, 0.6) is 17.2 Å². The first kappa shape index (κ1) is 14.8. The fourth-order valence-corrected chi connectivity index (χ4v) is 1.68. The van der Waals surface area contributed by atoms with Gasteiger partial charge < -0.3 is 19.7 Å². The van der Waals surface area contributed by atoms with Crippen LogP contribution in [0, 0.1) is 0 Å². The maximum absolute atomic E-state index is 11.9. The van der Waals surface area contributed by atoms with Gasteiger partial charge in [-0.1, -0.05) is 0 Å². The zero-order valence-corrected chi connectivity index (χ0v) is 10.8. The molecule has 19 heavy (non-hydrogen) atoms. The summed E-state index contributed by atoms with van der Waals surface area (Å²) in [4.78, 5) is 22.3. The summed E-state index contributed by atoms with van der Waals surface area (Å²) >= 11 is 0. The van der Waals surface area contributed by atoms with Crippen molar-refractivity contribution in [1.29, 1.82) is 0 Å². The Labute approximate surface area is 110 Å². The molecule has 1 aromatic rings. The van der Waals surface area contributed by atoms with Gasteiger partial charge in [0.2, 0.25) is 5.75 Å². The Morgan fingerprint density at radius 2 is 1.84 bits per heavy atom. The molecule has 1 aromatic carbocycles. The molecule has 1 rings (SSSR count). The van der Waals surface area contributed by atoms with Crippen LogP contribution >= 0.6 is 0 Å². The van der Waals surface area contributed by atoms with Crippen molar-refractivity contribution in [3.8, 4) is 17.2 Å². The first-order valence-corrected chi connectivity index (χ1v) is 5.70. The van der Waals surface area contributed by atoms with Gasteiger partial charge >= 0.3 is 5.97 Å². The summed E-state index contributed by atoms with van der Waals surface area (Å²) < 4.78 is 9.92. The van der Waals surface area contributed by atoms with E-state index in [2.05, 4.69) is 0 Å². The third kappa shape index (κ3) is 3.61. The molecule has 0 spiro atoms. The number of ketones is 1. The number of carbonyl (C=O) groups excluding carboxylic acids is 1. The van der Waals surface area contributed by atoms with E-state index in [1.54, 1.807) is 0 Å². The quantitative estimate of drug-likeness (QED) is 0.733. The van der Waals surface area contributed by atoms with E-state index in [-0.39, 0.29) is 47.9 Å². The highest BCUT2D eigenvalue weighted by Gasteiger charge is 2.19. The molecule has 6 heteroatoms. The van der Waals surface area contributed by atoms with Crippen molar-refractivity contribution in [2.75, 3.05) is 14.2 Å². The maximum Gasteiger partial charge on any atom is 0.303 e. The number of rotatable bonds is 7. The van der Waals surface area contributed by atoms with Gasteiger partial charge in [0.05, 0.1) is 19.8 Å². The Hall–Kier alpha value is -2.24. The van der Waals surface area contributed by atoms with Crippen molar-refractivity contribution < 1.29 is 29.3 Å². The molecule has 0 aliphatic rings. The van der Waals surface area contributed by atoms with E-state index < -0.39 is 5.97 Å². The SMILES string of the molecule is COc1ccc(C(=O)CCCC(=O)O)c(OC)c1O. The van der Waals surface area contributed by atoms with Crippen LogP contribution in [0.4, 0.5) is 0 Å². The smallest absolute Gasteiger partial charge is 0.303 e. The van der Waals surface area contributed by atoms with Crippen LogP contribution in [0.25, 0.3) is 0 Å². The highest BCUT2D eigenvalue weighted by molar-refractivity contribution is 6.00. The summed E-state index contributed by atoms with van der Waals surface area (Å²) in [5.74, 6) is -1.22. The van der Waals surface area contributed by atoms with Gasteiger partial charge in [0.25, 0.3) is 0 Å². The Bertz CT molecular complexity index is 480. The largest absolute Gasteiger partial charge is 0.502 e. The van der Waals surface area contributed by atoms with Crippen LogP contribution in [0.2, 0.25) is 0 Å². The number of aliphatic carboxylic acids is 1. The number of hydrogen-bond acceptors (Lipinski definition) is 5. The van der Waals surface area contributed by atoms with Crippen molar-refractivity contribution in [1.82, 2.24) is 0 Å². The molecule has 0 bridgehead atoms. The van der Waals surface area contributed by atoms with E-state index in [0.29, 0.717) is 0 Å². The zero-order chi connectivity index (χ0) is 14.4. The monoisotopic (exact) mass is 268 g/mol. The molecule has 0 amide bonds. The topological polar surface area (TPSA) is 93.1 Å². The highest BCUT2D eigenvalue weighted by Crippen LogP contribution is 2.39. The fourth-order valence-electron chi connectivity index (χ4n) is 1.68. The summed E-state index contributed by atoms with van der Waals surface area (Å²) in [6.07, 6.45) is 0.245. The van der Waals surface area contributed by atoms with E-state index in [0.717, 1.165) is 0 Å². The molecule has 0 radical (unpaired) electrons. The van der Waals surface area contributed by atoms with Crippen molar-refractivity contribution in [3.05, 3.63) is 17.7 Å². The molecule has 0 fully saturated rings. The van der Waals surface area contributed by atoms with Crippen LogP contribution < -0.4 is 9.47 Å². The van der Waals surface area contributed by atoms with Crippen molar-refractivity contribution in [2.24, 2.45) is 0 Å². The predicted molar refractivity (Wildman–Crippen MR) is 67.0 cm³/mol. The number of carboxylic acid groups (broad SMARTS) is 1. The lowest BCUT2D eigenvalue weighted by atomic mass is 10.0. The second-order valence-corrected chi connectivity index (χ2v) is 3.87. The number of benzene rings is 1. The fraction of sp³-hybridized carbons (Fsp3) is 0.385. The van der Waals surface area contributed by atoms with Gasteiger partial charge in [0.15, 0.2) is 17.3 Å². The molecular weight excluding hydrogens is 252 g/mol. The molecule has 6 nitrogen and oxygen atoms in total. The van der Waals surface area contributed by atoms with E-state index in [1.165, 1.54) is 26.4 Å². The lowest BCUT2D eigenvalue weighted by molar-refractivity contribution is -0.137. The normalized spacial score (nSPS) is 10.0. The molecular formula is C13H16O6. The molecule has 0 aliphatic heterocycles. The van der Waals surface area contributed by atoms with E-state index in [9.17, 15) is 14.7 Å². The highest BCUT2D eigenvalue weighted by atomic mass is 16.5. The van der Waals surface area contributed by atoms with Gasteiger partial charge in [-0.15, -0.1) is 0 Å². The molecule has 2 N–H and O–H groups in total. The van der Waals surface area contributed by atoms with Crippen LogP contribution in [0.15, 0.2) is 12.1 Å². The summed E-state index contributed by atoms with van der Waals surface area (Å²) in [5.41, 5.74) is 0.214. The van der Waals surface area contributed by atoms with Crippen molar-refractivity contribution >= 4 is 11.8 Å². The Morgan fingerprint density at radius 1 is 1.16 bits per heavy atom. The summed E-state index contributed by atoms with van der Waals surface area (Å²) in [5, 5.41) is 18.4. The van der Waals surface area contributed by atoms with Crippen LogP contribution in [-0.4, -0.2) is 36.2 Å². The Balaban J connectivity index is 2.90. The molecule has 0 aliphatic carbocycles. The number of hydrogen-bond donors (Lipinski definition) is 2. The number of Topliss-reactive ketones (excluding diaryl/α,β-unsaturated/α-hetero) is 1. The van der Waals surface area contributed by atoms with Crippen molar-refractivity contribution in [2.45, 2.75) is 19.3 Å². The van der Waals surface area contributed by atoms with Gasteiger partial charge in [-0.2, -0.15) is 0 Å². The van der Waals surface area contributed by atoms with E-state index in [1.807, 2.05) is 0 Å². The third-order valence-electron chi connectivity index (χ3n) is 2.61. The number of carboxylic acids is 1. The molecule has 0 aromatic heterocycles. The summed E-state index contributed by atoms with van der Waals surface area (Å²) in [6.45, 7) is 0. The average molecular weight is 268 g/mol. The number of carbonyl (C=O) groups is 2. The molecule has 0 saturated heterocycles. The third-order valence-corrected chi connectivity index (χ3v) is 2.61. The number of methoxy groups -OCH3 is 2. The van der Waals surface area contributed by atoms with Crippen molar-refractivity contribution in [3.63, 3.8) is 0 Å². The summed E-state index contributed by atoms with van der Waals surface area (Å²) in [7, 11) is 2.73. The number of phenolic OH excluding ortho intramolecular Hbond substituents is 1. The predicted octanol–water partition coefficient (Wildman–Crippen LogP) is 1.85. The van der Waals surface area contributed by atoms with E-state index >= 15 is 0 Å². The van der Waals surface area contributed by atoms with E-state index in [4.69, 9.17) is 14.6 Å². The van der Waals surface area contributed by atoms with Crippen LogP contribution in [0.1, 0.15) is 29.6 Å². The Morgan fingerprint density at radius 3 is 2.37 bits per heavy atom. The minimum absolute atomic E-state index is 0.0414. The maximum atomic E-state index is 11.9. The molecule has 0 atom stereocenters. The van der Waals surface area contributed by atoms with Gasteiger partial charge in [-0.25, -0.2) is 0 Å². The second kappa shape index (κ2) is 6.63. The second-order valence-electron chi connectivity index (χ2n) is 3.87. The molecule has 0 unspecified atom stereocenters. The van der Waals surface area contributed by atoms with Gasteiger partial charge in [-0.05, 0) is 18.6 Å². The molecule has 104 valence electrons. The minimum atomic E-state index is -0.947. The number of phenols is 1. The zero-order valence-electron chi connectivity index (χ0n) is 10.8. The average Bonchev–Trinajstić information content (AvgIpc) is 2.37. The summed E-state index contributed by atoms with van der Waals surface area (Å²) in [6, 6.07) is 2.95. The van der Waals surface area contributed by atoms with Gasteiger partial charge in [-0.3, -0.25) is 9.59 Å². The lowest BCUT2D eigenvalue weighted by Crippen LogP contribution is -2.04. The first-order chi connectivity index (χ1) is 9.01. The molecule has 0 heterocycles. The first-order valence-electron chi connectivity index (χ1n) is 5.70. The molecule has 0 saturated carbocycles. The Kier molecular flexibility index (Phi) is 5.17.